The number of pyridine rings is 1. The lowest BCUT2D eigenvalue weighted by Gasteiger charge is -2.34. The van der Waals surface area contributed by atoms with Crippen molar-refractivity contribution < 1.29 is 0 Å². The molecule has 0 spiro atoms. The molecule has 4 aromatic heterocycles. The monoisotopic (exact) mass is 415 g/mol. The second-order valence-corrected chi connectivity index (χ2v) is 8.24. The third-order valence-electron chi connectivity index (χ3n) is 5.93. The van der Waals surface area contributed by atoms with Crippen LogP contribution >= 0.6 is 0 Å². The van der Waals surface area contributed by atoms with Crippen molar-refractivity contribution in [2.45, 2.75) is 44.2 Å². The van der Waals surface area contributed by atoms with E-state index in [9.17, 15) is 0 Å². The number of aromatic nitrogens is 6. The van der Waals surface area contributed by atoms with Crippen LogP contribution < -0.4 is 16.8 Å². The molecule has 0 atom stereocenters. The summed E-state index contributed by atoms with van der Waals surface area (Å²) in [6.45, 7) is 2.00. The lowest BCUT2D eigenvalue weighted by Crippen LogP contribution is -2.45. The van der Waals surface area contributed by atoms with E-state index in [-0.39, 0.29) is 6.04 Å². The Morgan fingerprint density at radius 1 is 1.13 bits per heavy atom. The van der Waals surface area contributed by atoms with Gasteiger partial charge in [-0.15, -0.1) is 5.10 Å². The molecule has 1 fully saturated rings. The normalized spacial score (nSPS) is 21.3. The molecule has 4 heterocycles. The van der Waals surface area contributed by atoms with Gasteiger partial charge in [-0.25, -0.2) is 15.0 Å². The quantitative estimate of drug-likeness (QED) is 0.463. The standard InChI is InChI=1S/C22H25N9/c1-14-11-26-21(22(24)8-6-15(23)7-9-22)29-20(14)17-12-25-19-5-4-16(13-31(17)19)28-18-3-2-10-27-30-18/h2-5,10-13,15H,6-9,23-24H2,1H3,(H,28,30). The number of aryl methyl sites for hydroxylation is 1. The first kappa shape index (κ1) is 19.5. The van der Waals surface area contributed by atoms with Gasteiger partial charge in [-0.3, -0.25) is 4.40 Å². The summed E-state index contributed by atoms with van der Waals surface area (Å²) in [5, 5.41) is 11.3. The lowest BCUT2D eigenvalue weighted by molar-refractivity contribution is 0.264. The van der Waals surface area contributed by atoms with Gasteiger partial charge in [0.2, 0.25) is 0 Å². The van der Waals surface area contributed by atoms with Crippen molar-refractivity contribution in [1.29, 1.82) is 0 Å². The smallest absolute Gasteiger partial charge is 0.153 e. The highest BCUT2D eigenvalue weighted by atomic mass is 15.2. The number of nitrogens with zero attached hydrogens (tertiary/aromatic N) is 6. The third kappa shape index (κ3) is 3.73. The number of hydrogen-bond acceptors (Lipinski definition) is 8. The molecule has 0 unspecified atom stereocenters. The van der Waals surface area contributed by atoms with E-state index in [4.69, 9.17) is 16.5 Å². The Balaban J connectivity index is 1.54. The first-order valence-electron chi connectivity index (χ1n) is 10.4. The summed E-state index contributed by atoms with van der Waals surface area (Å²) >= 11 is 0. The highest BCUT2D eigenvalue weighted by molar-refractivity contribution is 5.66. The minimum Gasteiger partial charge on any atom is -0.338 e. The number of hydrogen-bond donors (Lipinski definition) is 3. The predicted octanol–water partition coefficient (Wildman–Crippen LogP) is 2.69. The minimum atomic E-state index is -0.544. The van der Waals surface area contributed by atoms with Crippen molar-refractivity contribution in [3.05, 3.63) is 60.4 Å². The third-order valence-corrected chi connectivity index (χ3v) is 5.93. The summed E-state index contributed by atoms with van der Waals surface area (Å²) in [6, 6.07) is 7.82. The minimum absolute atomic E-state index is 0.209. The van der Waals surface area contributed by atoms with Gasteiger partial charge in [0.05, 0.1) is 28.8 Å². The first-order valence-corrected chi connectivity index (χ1v) is 10.4. The molecule has 1 saturated carbocycles. The van der Waals surface area contributed by atoms with Crippen molar-refractivity contribution in [1.82, 2.24) is 29.5 Å². The Hall–Kier alpha value is -3.43. The molecule has 1 aliphatic rings. The van der Waals surface area contributed by atoms with Gasteiger partial charge in [-0.1, -0.05) is 0 Å². The second kappa shape index (κ2) is 7.68. The van der Waals surface area contributed by atoms with Gasteiger partial charge in [0.15, 0.2) is 5.82 Å². The predicted molar refractivity (Wildman–Crippen MR) is 119 cm³/mol. The zero-order valence-electron chi connectivity index (χ0n) is 17.4. The summed E-state index contributed by atoms with van der Waals surface area (Å²) in [4.78, 5) is 14.1. The Morgan fingerprint density at radius 3 is 2.74 bits per heavy atom. The lowest BCUT2D eigenvalue weighted by atomic mass is 9.79. The fourth-order valence-electron chi connectivity index (χ4n) is 4.07. The summed E-state index contributed by atoms with van der Waals surface area (Å²) in [5.74, 6) is 1.34. The molecule has 4 aromatic rings. The first-order chi connectivity index (χ1) is 15.0. The average molecular weight is 416 g/mol. The topological polar surface area (TPSA) is 133 Å². The maximum absolute atomic E-state index is 6.71. The van der Waals surface area contributed by atoms with Crippen LogP contribution in [0, 0.1) is 6.92 Å². The molecule has 0 bridgehead atoms. The second-order valence-electron chi connectivity index (χ2n) is 8.24. The van der Waals surface area contributed by atoms with Crippen LogP contribution in [0.15, 0.2) is 49.1 Å². The van der Waals surface area contributed by atoms with Crippen LogP contribution in [0.5, 0.6) is 0 Å². The van der Waals surface area contributed by atoms with Gasteiger partial charge in [0, 0.05) is 24.6 Å². The van der Waals surface area contributed by atoms with E-state index in [1.807, 2.05) is 54.2 Å². The summed E-state index contributed by atoms with van der Waals surface area (Å²) in [5.41, 5.74) is 16.6. The van der Waals surface area contributed by atoms with E-state index < -0.39 is 5.54 Å². The number of anilines is 2. The number of imidazole rings is 1. The largest absolute Gasteiger partial charge is 0.338 e. The van der Waals surface area contributed by atoms with E-state index in [0.717, 1.165) is 54.0 Å². The van der Waals surface area contributed by atoms with Crippen LogP contribution in [-0.2, 0) is 5.54 Å². The number of nitrogens with one attached hydrogen (secondary N) is 1. The molecule has 0 aromatic carbocycles. The van der Waals surface area contributed by atoms with E-state index in [1.54, 1.807) is 6.20 Å². The zero-order valence-corrected chi connectivity index (χ0v) is 17.4. The molecule has 1 aliphatic carbocycles. The van der Waals surface area contributed by atoms with Gasteiger partial charge in [-0.2, -0.15) is 5.10 Å². The molecule has 9 heteroatoms. The molecule has 5 N–H and O–H groups in total. The molecular formula is C22H25N9. The van der Waals surface area contributed by atoms with E-state index in [2.05, 4.69) is 25.5 Å². The summed E-state index contributed by atoms with van der Waals surface area (Å²) in [6.07, 6.45) is 10.6. The van der Waals surface area contributed by atoms with Gasteiger partial charge < -0.3 is 16.8 Å². The molecule has 0 amide bonds. The Morgan fingerprint density at radius 2 is 1.97 bits per heavy atom. The van der Waals surface area contributed by atoms with Crippen molar-refractivity contribution in [2.24, 2.45) is 11.5 Å². The van der Waals surface area contributed by atoms with Crippen LogP contribution in [0.1, 0.15) is 37.1 Å². The maximum Gasteiger partial charge on any atom is 0.153 e. The van der Waals surface area contributed by atoms with Crippen molar-refractivity contribution in [2.75, 3.05) is 5.32 Å². The van der Waals surface area contributed by atoms with E-state index in [0.29, 0.717) is 11.6 Å². The van der Waals surface area contributed by atoms with Gasteiger partial charge in [0.25, 0.3) is 0 Å². The Bertz CT molecular complexity index is 1210. The molecule has 5 rings (SSSR count). The highest BCUT2D eigenvalue weighted by Crippen LogP contribution is 2.34. The average Bonchev–Trinajstić information content (AvgIpc) is 3.20. The van der Waals surface area contributed by atoms with Gasteiger partial charge >= 0.3 is 0 Å². The van der Waals surface area contributed by atoms with Crippen LogP contribution in [0.25, 0.3) is 17.0 Å². The van der Waals surface area contributed by atoms with E-state index in [1.165, 1.54) is 0 Å². The van der Waals surface area contributed by atoms with Crippen LogP contribution in [-0.4, -0.2) is 35.6 Å². The molecule has 0 aliphatic heterocycles. The van der Waals surface area contributed by atoms with E-state index >= 15 is 0 Å². The van der Waals surface area contributed by atoms with Crippen LogP contribution in [0.4, 0.5) is 11.5 Å². The SMILES string of the molecule is Cc1cnc(C2(N)CCC(N)CC2)nc1-c1cnc2ccc(Nc3cccnn3)cn12. The molecule has 0 saturated heterocycles. The van der Waals surface area contributed by atoms with Crippen molar-refractivity contribution in [3.63, 3.8) is 0 Å². The summed E-state index contributed by atoms with van der Waals surface area (Å²) in [7, 11) is 0. The van der Waals surface area contributed by atoms with Crippen LogP contribution in [0.3, 0.4) is 0 Å². The highest BCUT2D eigenvalue weighted by Gasteiger charge is 2.35. The van der Waals surface area contributed by atoms with Gasteiger partial charge in [-0.05, 0) is 62.4 Å². The number of fused-ring (bicyclic) bond motifs is 1. The molecule has 158 valence electrons. The summed E-state index contributed by atoms with van der Waals surface area (Å²) < 4.78 is 2.01. The molecular weight excluding hydrogens is 390 g/mol. The zero-order chi connectivity index (χ0) is 21.4. The maximum atomic E-state index is 6.71. The number of rotatable bonds is 4. The fourth-order valence-corrected chi connectivity index (χ4v) is 4.07. The number of nitrogens with two attached hydrogens (primary N) is 2. The molecule has 9 nitrogen and oxygen atoms in total. The molecule has 0 radical (unpaired) electrons. The van der Waals surface area contributed by atoms with Gasteiger partial charge in [0.1, 0.15) is 11.5 Å². The Labute approximate surface area is 180 Å². The van der Waals surface area contributed by atoms with Crippen molar-refractivity contribution in [3.8, 4) is 11.4 Å². The molecule has 31 heavy (non-hydrogen) atoms. The van der Waals surface area contributed by atoms with Crippen molar-refractivity contribution >= 4 is 17.2 Å². The fraction of sp³-hybridized carbons (Fsp3) is 0.318. The van der Waals surface area contributed by atoms with Crippen LogP contribution in [0.2, 0.25) is 0 Å². The Kier molecular flexibility index (Phi) is 4.84.